The molecule has 1 aromatic rings. The van der Waals surface area contributed by atoms with Crippen LogP contribution in [0.4, 0.5) is 5.82 Å². The molecule has 0 amide bonds. The molecule has 0 unspecified atom stereocenters. The number of ether oxygens (including phenoxy) is 1. The minimum Gasteiger partial charge on any atom is -0.381 e. The molecule has 1 rings (SSSR count). The largest absolute Gasteiger partial charge is 0.381 e. The number of nitrogens with one attached hydrogen (secondary N) is 1. The lowest BCUT2D eigenvalue weighted by molar-refractivity contribution is 0.110. The molecule has 0 aliphatic carbocycles. The SMILES string of the molecule is CC(C)COCCCNc1nc(Cl)nnc1Cl. The highest BCUT2D eigenvalue weighted by molar-refractivity contribution is 6.32. The van der Waals surface area contributed by atoms with E-state index in [2.05, 4.69) is 34.3 Å². The van der Waals surface area contributed by atoms with Gasteiger partial charge in [0.15, 0.2) is 11.0 Å². The third-order valence-corrected chi connectivity index (χ3v) is 2.24. The third kappa shape index (κ3) is 6.00. The molecule has 0 spiro atoms. The van der Waals surface area contributed by atoms with Gasteiger partial charge in [-0.05, 0) is 23.9 Å². The molecule has 5 nitrogen and oxygen atoms in total. The van der Waals surface area contributed by atoms with Crippen molar-refractivity contribution in [3.8, 4) is 0 Å². The van der Waals surface area contributed by atoms with E-state index in [1.165, 1.54) is 0 Å². The summed E-state index contributed by atoms with van der Waals surface area (Å²) in [6.07, 6.45) is 0.866. The number of hydrogen-bond donors (Lipinski definition) is 1. The van der Waals surface area contributed by atoms with Crippen LogP contribution in [0, 0.1) is 5.92 Å². The summed E-state index contributed by atoms with van der Waals surface area (Å²) in [4.78, 5) is 3.93. The maximum absolute atomic E-state index is 5.79. The highest BCUT2D eigenvalue weighted by Gasteiger charge is 2.04. The molecule has 0 aliphatic heterocycles. The third-order valence-electron chi connectivity index (χ3n) is 1.83. The molecule has 0 saturated carbocycles. The molecule has 1 heterocycles. The Labute approximate surface area is 111 Å². The fraction of sp³-hybridized carbons (Fsp3) is 0.700. The predicted octanol–water partition coefficient (Wildman–Crippen LogP) is 2.65. The molecule has 17 heavy (non-hydrogen) atoms. The van der Waals surface area contributed by atoms with Crippen LogP contribution in [0.3, 0.4) is 0 Å². The smallest absolute Gasteiger partial charge is 0.245 e. The lowest BCUT2D eigenvalue weighted by atomic mass is 10.2. The van der Waals surface area contributed by atoms with Crippen molar-refractivity contribution in [2.75, 3.05) is 25.1 Å². The fourth-order valence-corrected chi connectivity index (χ4v) is 1.37. The Morgan fingerprint density at radius 3 is 2.76 bits per heavy atom. The topological polar surface area (TPSA) is 59.9 Å². The number of aromatic nitrogens is 3. The quantitative estimate of drug-likeness (QED) is 0.777. The Morgan fingerprint density at radius 2 is 2.06 bits per heavy atom. The van der Waals surface area contributed by atoms with Crippen LogP contribution in [-0.2, 0) is 4.74 Å². The van der Waals surface area contributed by atoms with Crippen molar-refractivity contribution in [2.24, 2.45) is 5.92 Å². The molecule has 96 valence electrons. The van der Waals surface area contributed by atoms with Crippen LogP contribution >= 0.6 is 23.2 Å². The fourth-order valence-electron chi connectivity index (χ4n) is 1.11. The van der Waals surface area contributed by atoms with E-state index in [1.807, 2.05) is 0 Å². The zero-order valence-electron chi connectivity index (χ0n) is 9.91. The monoisotopic (exact) mass is 278 g/mol. The van der Waals surface area contributed by atoms with Gasteiger partial charge in [-0.25, -0.2) is 0 Å². The van der Waals surface area contributed by atoms with Crippen molar-refractivity contribution in [2.45, 2.75) is 20.3 Å². The summed E-state index contributed by atoms with van der Waals surface area (Å²) in [6.45, 7) is 6.42. The molecule has 0 bridgehead atoms. The summed E-state index contributed by atoms with van der Waals surface area (Å²) in [6, 6.07) is 0. The highest BCUT2D eigenvalue weighted by atomic mass is 35.5. The number of rotatable bonds is 7. The van der Waals surface area contributed by atoms with Crippen molar-refractivity contribution in [3.63, 3.8) is 0 Å². The van der Waals surface area contributed by atoms with Gasteiger partial charge < -0.3 is 10.1 Å². The first-order valence-electron chi connectivity index (χ1n) is 5.47. The summed E-state index contributed by atoms with van der Waals surface area (Å²) in [5, 5.41) is 10.5. The van der Waals surface area contributed by atoms with Crippen LogP contribution in [0.5, 0.6) is 0 Å². The normalized spacial score (nSPS) is 10.9. The molecule has 0 atom stereocenters. The lowest BCUT2D eigenvalue weighted by Crippen LogP contribution is -2.10. The first-order chi connectivity index (χ1) is 8.09. The van der Waals surface area contributed by atoms with Gasteiger partial charge >= 0.3 is 0 Å². The zero-order valence-corrected chi connectivity index (χ0v) is 11.4. The van der Waals surface area contributed by atoms with E-state index < -0.39 is 0 Å². The average molecular weight is 279 g/mol. The Hall–Kier alpha value is -0.650. The minimum absolute atomic E-state index is 0.0768. The van der Waals surface area contributed by atoms with Crippen LogP contribution < -0.4 is 5.32 Å². The van der Waals surface area contributed by atoms with E-state index in [4.69, 9.17) is 27.9 Å². The average Bonchev–Trinajstić information content (AvgIpc) is 2.27. The summed E-state index contributed by atoms with van der Waals surface area (Å²) < 4.78 is 5.44. The van der Waals surface area contributed by atoms with Crippen molar-refractivity contribution < 1.29 is 4.74 Å². The molecular formula is C10H16Cl2N4O. The molecular weight excluding hydrogens is 263 g/mol. The lowest BCUT2D eigenvalue weighted by Gasteiger charge is -2.08. The van der Waals surface area contributed by atoms with Gasteiger partial charge in [0.1, 0.15) is 0 Å². The summed E-state index contributed by atoms with van der Waals surface area (Å²) in [5.74, 6) is 1.01. The first kappa shape index (κ1) is 14.4. The van der Waals surface area contributed by atoms with E-state index >= 15 is 0 Å². The standard InChI is InChI=1S/C10H16Cl2N4O/c1-7(2)6-17-5-3-4-13-9-8(11)15-16-10(12)14-9/h7H,3-6H2,1-2H3,(H,13,14,16). The zero-order chi connectivity index (χ0) is 12.7. The van der Waals surface area contributed by atoms with E-state index in [1.54, 1.807) is 0 Å². The van der Waals surface area contributed by atoms with Crippen LogP contribution in [0.25, 0.3) is 0 Å². The Kier molecular flexibility index (Phi) is 6.47. The summed E-state index contributed by atoms with van der Waals surface area (Å²) >= 11 is 11.4. The minimum atomic E-state index is 0.0768. The number of halogens is 2. The highest BCUT2D eigenvalue weighted by Crippen LogP contribution is 2.16. The van der Waals surface area contributed by atoms with Gasteiger partial charge in [0.05, 0.1) is 0 Å². The Bertz CT molecular complexity index is 349. The van der Waals surface area contributed by atoms with Crippen molar-refractivity contribution >= 4 is 29.0 Å². The van der Waals surface area contributed by atoms with E-state index in [0.29, 0.717) is 24.9 Å². The molecule has 0 radical (unpaired) electrons. The summed E-state index contributed by atoms with van der Waals surface area (Å²) in [7, 11) is 0. The van der Waals surface area contributed by atoms with Crippen LogP contribution in [0.1, 0.15) is 20.3 Å². The van der Waals surface area contributed by atoms with Crippen LogP contribution in [-0.4, -0.2) is 34.9 Å². The van der Waals surface area contributed by atoms with Crippen LogP contribution in [0.2, 0.25) is 10.4 Å². The molecule has 0 aliphatic rings. The first-order valence-corrected chi connectivity index (χ1v) is 6.22. The number of anilines is 1. The molecule has 0 aromatic carbocycles. The molecule has 1 aromatic heterocycles. The van der Waals surface area contributed by atoms with E-state index in [0.717, 1.165) is 13.0 Å². The van der Waals surface area contributed by atoms with Gasteiger partial charge in [0.25, 0.3) is 0 Å². The van der Waals surface area contributed by atoms with Crippen molar-refractivity contribution in [1.82, 2.24) is 15.2 Å². The van der Waals surface area contributed by atoms with Gasteiger partial charge in [-0.1, -0.05) is 25.4 Å². The van der Waals surface area contributed by atoms with Crippen molar-refractivity contribution in [3.05, 3.63) is 10.4 Å². The second kappa shape index (κ2) is 7.63. The second-order valence-electron chi connectivity index (χ2n) is 3.97. The molecule has 7 heteroatoms. The molecule has 0 fully saturated rings. The van der Waals surface area contributed by atoms with Gasteiger partial charge in [-0.15, -0.1) is 10.2 Å². The number of nitrogens with zero attached hydrogens (tertiary/aromatic N) is 3. The summed E-state index contributed by atoms with van der Waals surface area (Å²) in [5.41, 5.74) is 0. The van der Waals surface area contributed by atoms with Gasteiger partial charge in [0, 0.05) is 19.8 Å². The number of hydrogen-bond acceptors (Lipinski definition) is 5. The van der Waals surface area contributed by atoms with Crippen molar-refractivity contribution in [1.29, 1.82) is 0 Å². The maximum atomic E-state index is 5.79. The Balaban J connectivity index is 2.20. The molecule has 0 saturated heterocycles. The maximum Gasteiger partial charge on any atom is 0.245 e. The molecule has 1 N–H and O–H groups in total. The predicted molar refractivity (Wildman–Crippen MR) is 68.6 cm³/mol. The Morgan fingerprint density at radius 1 is 1.29 bits per heavy atom. The van der Waals surface area contributed by atoms with Gasteiger partial charge in [0.2, 0.25) is 5.28 Å². The van der Waals surface area contributed by atoms with Gasteiger partial charge in [-0.2, -0.15) is 4.98 Å². The van der Waals surface area contributed by atoms with E-state index in [-0.39, 0.29) is 10.4 Å². The van der Waals surface area contributed by atoms with Gasteiger partial charge in [-0.3, -0.25) is 0 Å². The van der Waals surface area contributed by atoms with E-state index in [9.17, 15) is 0 Å². The second-order valence-corrected chi connectivity index (χ2v) is 4.67. The van der Waals surface area contributed by atoms with Crippen LogP contribution in [0.15, 0.2) is 0 Å².